The van der Waals surface area contributed by atoms with Crippen LogP contribution in [-0.4, -0.2) is 31.3 Å². The van der Waals surface area contributed by atoms with E-state index in [0.717, 1.165) is 0 Å². The lowest BCUT2D eigenvalue weighted by Gasteiger charge is -2.05. The Morgan fingerprint density at radius 2 is 1.97 bits per heavy atom. The van der Waals surface area contributed by atoms with Crippen molar-refractivity contribution in [3.63, 3.8) is 0 Å². The van der Waals surface area contributed by atoms with E-state index in [1.54, 1.807) is 36.4 Å². The van der Waals surface area contributed by atoms with E-state index < -0.39 is 10.8 Å². The summed E-state index contributed by atoms with van der Waals surface area (Å²) in [5, 5.41) is 14.9. The molecule has 3 aromatic rings. The SMILES string of the molecule is COc1cccc(C(=O)N/N=C\c2ccc(-c3cc([N+](=O)[O-])ccc3OC)o2)c1. The Hall–Kier alpha value is -4.14. The topological polar surface area (TPSA) is 116 Å². The number of methoxy groups -OCH3 is 2. The fourth-order valence-electron chi connectivity index (χ4n) is 2.55. The van der Waals surface area contributed by atoms with Gasteiger partial charge in [-0.1, -0.05) is 6.07 Å². The van der Waals surface area contributed by atoms with Crippen LogP contribution < -0.4 is 14.9 Å². The lowest BCUT2D eigenvalue weighted by atomic mass is 10.1. The van der Waals surface area contributed by atoms with Crippen LogP contribution in [0.15, 0.2) is 64.1 Å². The zero-order valence-electron chi connectivity index (χ0n) is 15.6. The monoisotopic (exact) mass is 395 g/mol. The van der Waals surface area contributed by atoms with E-state index in [2.05, 4.69) is 10.5 Å². The van der Waals surface area contributed by atoms with Crippen molar-refractivity contribution >= 4 is 17.8 Å². The van der Waals surface area contributed by atoms with Gasteiger partial charge in [0.25, 0.3) is 11.6 Å². The molecule has 0 atom stereocenters. The molecule has 3 rings (SSSR count). The average Bonchev–Trinajstić information content (AvgIpc) is 3.21. The van der Waals surface area contributed by atoms with Crippen LogP contribution in [0.25, 0.3) is 11.3 Å². The van der Waals surface area contributed by atoms with E-state index in [4.69, 9.17) is 13.9 Å². The highest BCUT2D eigenvalue weighted by molar-refractivity contribution is 5.95. The lowest BCUT2D eigenvalue weighted by molar-refractivity contribution is -0.384. The largest absolute Gasteiger partial charge is 0.497 e. The van der Waals surface area contributed by atoms with E-state index in [1.165, 1.54) is 38.6 Å². The predicted molar refractivity (Wildman–Crippen MR) is 105 cm³/mol. The molecule has 2 aromatic carbocycles. The number of benzene rings is 2. The zero-order valence-corrected chi connectivity index (χ0v) is 15.6. The van der Waals surface area contributed by atoms with Gasteiger partial charge < -0.3 is 13.9 Å². The number of nitrogens with one attached hydrogen (secondary N) is 1. The van der Waals surface area contributed by atoms with Gasteiger partial charge in [-0.3, -0.25) is 14.9 Å². The van der Waals surface area contributed by atoms with Gasteiger partial charge >= 0.3 is 0 Å². The van der Waals surface area contributed by atoms with Gasteiger partial charge in [0.2, 0.25) is 0 Å². The van der Waals surface area contributed by atoms with Crippen molar-refractivity contribution < 1.29 is 23.6 Å². The zero-order chi connectivity index (χ0) is 20.8. The second kappa shape index (κ2) is 8.70. The Morgan fingerprint density at radius 1 is 1.14 bits per heavy atom. The van der Waals surface area contributed by atoms with E-state index >= 15 is 0 Å². The summed E-state index contributed by atoms with van der Waals surface area (Å²) in [4.78, 5) is 22.6. The van der Waals surface area contributed by atoms with Gasteiger partial charge in [0.1, 0.15) is 23.0 Å². The molecule has 0 saturated carbocycles. The van der Waals surface area contributed by atoms with Gasteiger partial charge in [0, 0.05) is 17.7 Å². The van der Waals surface area contributed by atoms with E-state index in [0.29, 0.717) is 34.1 Å². The standard InChI is InChI=1S/C20H17N3O6/c1-27-15-5-3-4-13(10-15)20(24)22-21-12-16-7-9-19(29-16)17-11-14(23(25)26)6-8-18(17)28-2/h3-12H,1-2H3,(H,22,24)/b21-12-. The number of nitro groups is 1. The Kier molecular flexibility index (Phi) is 5.88. The molecule has 1 aromatic heterocycles. The van der Waals surface area contributed by atoms with Gasteiger partial charge in [-0.2, -0.15) is 5.10 Å². The molecule has 0 spiro atoms. The quantitative estimate of drug-likeness (QED) is 0.371. The van der Waals surface area contributed by atoms with Gasteiger partial charge in [0.05, 0.1) is 30.9 Å². The molecule has 9 heteroatoms. The minimum Gasteiger partial charge on any atom is -0.497 e. The number of non-ortho nitro benzene ring substituents is 1. The summed E-state index contributed by atoms with van der Waals surface area (Å²) >= 11 is 0. The number of carbonyl (C=O) groups is 1. The van der Waals surface area contributed by atoms with Gasteiger partial charge in [-0.25, -0.2) is 5.43 Å². The first kappa shape index (κ1) is 19.6. The molecule has 0 aliphatic heterocycles. The van der Waals surface area contributed by atoms with Crippen molar-refractivity contribution in [1.29, 1.82) is 0 Å². The van der Waals surface area contributed by atoms with E-state index in [-0.39, 0.29) is 5.69 Å². The molecule has 1 heterocycles. The fourth-order valence-corrected chi connectivity index (χ4v) is 2.55. The van der Waals surface area contributed by atoms with E-state index in [9.17, 15) is 14.9 Å². The maximum absolute atomic E-state index is 12.1. The fraction of sp³-hybridized carbons (Fsp3) is 0.100. The summed E-state index contributed by atoms with van der Waals surface area (Å²) in [5.74, 6) is 1.29. The second-order valence-electron chi connectivity index (χ2n) is 5.77. The van der Waals surface area contributed by atoms with Crippen LogP contribution in [0, 0.1) is 10.1 Å². The van der Waals surface area contributed by atoms with Crippen molar-refractivity contribution in [3.05, 3.63) is 76.0 Å². The Labute approximate surface area is 165 Å². The summed E-state index contributed by atoms with van der Waals surface area (Å²) < 4.78 is 16.0. The molecule has 1 amide bonds. The minimum atomic E-state index is -0.498. The molecular weight excluding hydrogens is 378 g/mol. The third-order valence-corrected chi connectivity index (χ3v) is 3.98. The van der Waals surface area contributed by atoms with Crippen LogP contribution in [0.3, 0.4) is 0 Å². The number of nitro benzene ring substituents is 1. The Bertz CT molecular complexity index is 1070. The average molecular weight is 395 g/mol. The molecule has 0 fully saturated rings. The van der Waals surface area contributed by atoms with Crippen molar-refractivity contribution in [3.8, 4) is 22.8 Å². The van der Waals surface area contributed by atoms with Crippen LogP contribution in [0.1, 0.15) is 16.1 Å². The van der Waals surface area contributed by atoms with Crippen molar-refractivity contribution in [2.24, 2.45) is 5.10 Å². The number of amides is 1. The molecule has 0 unspecified atom stereocenters. The summed E-state index contributed by atoms with van der Waals surface area (Å²) in [6.45, 7) is 0. The van der Waals surface area contributed by atoms with Crippen LogP contribution in [0.4, 0.5) is 5.69 Å². The predicted octanol–water partition coefficient (Wildman–Crippen LogP) is 3.64. The molecule has 9 nitrogen and oxygen atoms in total. The van der Waals surface area contributed by atoms with Gasteiger partial charge in [0.15, 0.2) is 0 Å². The van der Waals surface area contributed by atoms with Crippen LogP contribution >= 0.6 is 0 Å². The highest BCUT2D eigenvalue weighted by Crippen LogP contribution is 2.34. The first-order valence-electron chi connectivity index (χ1n) is 8.42. The number of carbonyl (C=O) groups excluding carboxylic acids is 1. The molecule has 0 saturated heterocycles. The Balaban J connectivity index is 1.74. The first-order chi connectivity index (χ1) is 14.0. The number of nitrogens with zero attached hydrogens (tertiary/aromatic N) is 2. The maximum atomic E-state index is 12.1. The molecule has 0 radical (unpaired) electrons. The summed E-state index contributed by atoms with van der Waals surface area (Å²) in [7, 11) is 2.98. The highest BCUT2D eigenvalue weighted by atomic mass is 16.6. The van der Waals surface area contributed by atoms with Crippen LogP contribution in [0.2, 0.25) is 0 Å². The smallest absolute Gasteiger partial charge is 0.271 e. The molecule has 0 bridgehead atoms. The number of rotatable bonds is 7. The van der Waals surface area contributed by atoms with E-state index in [1.807, 2.05) is 0 Å². The normalized spacial score (nSPS) is 10.7. The van der Waals surface area contributed by atoms with Gasteiger partial charge in [-0.05, 0) is 36.4 Å². The summed E-state index contributed by atoms with van der Waals surface area (Å²) in [5.41, 5.74) is 3.13. The number of furan rings is 1. The summed E-state index contributed by atoms with van der Waals surface area (Å²) in [6.07, 6.45) is 1.32. The third-order valence-electron chi connectivity index (χ3n) is 3.98. The van der Waals surface area contributed by atoms with Crippen molar-refractivity contribution in [1.82, 2.24) is 5.43 Å². The number of hydrogen-bond acceptors (Lipinski definition) is 7. The minimum absolute atomic E-state index is 0.0852. The second-order valence-corrected chi connectivity index (χ2v) is 5.77. The van der Waals surface area contributed by atoms with Crippen LogP contribution in [-0.2, 0) is 0 Å². The molecule has 1 N–H and O–H groups in total. The number of ether oxygens (including phenoxy) is 2. The molecular formula is C20H17N3O6. The first-order valence-corrected chi connectivity index (χ1v) is 8.42. The molecule has 0 aliphatic carbocycles. The molecule has 148 valence electrons. The lowest BCUT2D eigenvalue weighted by Crippen LogP contribution is -2.17. The van der Waals surface area contributed by atoms with Crippen molar-refractivity contribution in [2.75, 3.05) is 14.2 Å². The molecule has 29 heavy (non-hydrogen) atoms. The number of hydrogen-bond donors (Lipinski definition) is 1. The third kappa shape index (κ3) is 4.59. The summed E-state index contributed by atoms with van der Waals surface area (Å²) in [6, 6.07) is 14.1. The highest BCUT2D eigenvalue weighted by Gasteiger charge is 2.15. The molecule has 0 aliphatic rings. The Morgan fingerprint density at radius 3 is 2.69 bits per heavy atom. The van der Waals surface area contributed by atoms with Crippen molar-refractivity contribution in [2.45, 2.75) is 0 Å². The van der Waals surface area contributed by atoms with Gasteiger partial charge in [-0.15, -0.1) is 0 Å². The number of hydrazone groups is 1. The van der Waals surface area contributed by atoms with Crippen LogP contribution in [0.5, 0.6) is 11.5 Å². The maximum Gasteiger partial charge on any atom is 0.271 e.